The van der Waals surface area contributed by atoms with Crippen molar-refractivity contribution in [1.29, 1.82) is 5.41 Å². The monoisotopic (exact) mass is 161 g/mol. The Kier molecular flexibility index (Phi) is 3.14. The number of nitrogens with one attached hydrogen (secondary N) is 1. The molecule has 1 N–H and O–H groups in total. The van der Waals surface area contributed by atoms with Crippen molar-refractivity contribution in [3.05, 3.63) is 29.8 Å². The summed E-state index contributed by atoms with van der Waals surface area (Å²) < 4.78 is 0. The zero-order valence-corrected chi connectivity index (χ0v) is 6.99. The second-order valence-corrected chi connectivity index (χ2v) is 2.41. The largest absolute Gasteiger partial charge is 0.311 e. The molecule has 62 valence electrons. The molecule has 0 radical (unpaired) electrons. The molecule has 0 aliphatic carbocycles. The highest BCUT2D eigenvalue weighted by Crippen LogP contribution is 2.16. The van der Waals surface area contributed by atoms with E-state index in [4.69, 9.17) is 5.41 Å². The van der Waals surface area contributed by atoms with Gasteiger partial charge in [-0.05, 0) is 18.6 Å². The second-order valence-electron chi connectivity index (χ2n) is 2.41. The highest BCUT2D eigenvalue weighted by Gasteiger charge is 1.91. The van der Waals surface area contributed by atoms with Gasteiger partial charge in [-0.3, -0.25) is 0 Å². The van der Waals surface area contributed by atoms with Crippen molar-refractivity contribution in [3.8, 4) is 0 Å². The summed E-state index contributed by atoms with van der Waals surface area (Å²) in [5.74, 6) is 0. The molecule has 0 bridgehead atoms. The molecule has 0 fully saturated rings. The number of azo groups is 1. The fourth-order valence-electron chi connectivity index (χ4n) is 0.833. The summed E-state index contributed by atoms with van der Waals surface area (Å²) in [6.45, 7) is 2.34. The molecule has 0 spiro atoms. The van der Waals surface area contributed by atoms with Crippen LogP contribution in [-0.2, 0) is 0 Å². The lowest BCUT2D eigenvalue weighted by atomic mass is 10.2. The summed E-state index contributed by atoms with van der Waals surface area (Å²) in [7, 11) is 0. The molecular weight excluding hydrogens is 150 g/mol. The Balaban J connectivity index is 2.74. The van der Waals surface area contributed by atoms with Crippen molar-refractivity contribution in [1.82, 2.24) is 0 Å². The third kappa shape index (κ3) is 2.27. The van der Waals surface area contributed by atoms with E-state index in [0.717, 1.165) is 11.3 Å². The summed E-state index contributed by atoms with van der Waals surface area (Å²) in [5, 5.41) is 14.5. The summed E-state index contributed by atoms with van der Waals surface area (Å²) in [5.41, 5.74) is 1.98. The van der Waals surface area contributed by atoms with E-state index < -0.39 is 0 Å². The third-order valence-electron chi connectivity index (χ3n) is 1.47. The van der Waals surface area contributed by atoms with E-state index >= 15 is 0 Å². The predicted octanol–water partition coefficient (Wildman–Crippen LogP) is 2.73. The lowest BCUT2D eigenvalue weighted by Gasteiger charge is -1.95. The van der Waals surface area contributed by atoms with Crippen molar-refractivity contribution in [3.63, 3.8) is 0 Å². The molecule has 1 aromatic rings. The van der Waals surface area contributed by atoms with Crippen LogP contribution in [0.4, 0.5) is 5.69 Å². The van der Waals surface area contributed by atoms with Gasteiger partial charge in [0.05, 0.1) is 12.2 Å². The Morgan fingerprint density at radius 1 is 1.42 bits per heavy atom. The van der Waals surface area contributed by atoms with Crippen LogP contribution in [0.25, 0.3) is 0 Å². The first-order chi connectivity index (χ1) is 5.84. The van der Waals surface area contributed by atoms with E-state index in [0.29, 0.717) is 6.54 Å². The predicted molar refractivity (Wildman–Crippen MR) is 49.3 cm³/mol. The van der Waals surface area contributed by atoms with Gasteiger partial charge in [0.25, 0.3) is 0 Å². The molecule has 1 aromatic carbocycles. The molecule has 0 saturated heterocycles. The number of hydrogen-bond donors (Lipinski definition) is 1. The summed E-state index contributed by atoms with van der Waals surface area (Å²) in [6, 6.07) is 7.78. The second kappa shape index (κ2) is 4.38. The van der Waals surface area contributed by atoms with E-state index in [1.165, 1.54) is 6.21 Å². The van der Waals surface area contributed by atoms with Crippen LogP contribution >= 0.6 is 0 Å². The van der Waals surface area contributed by atoms with Gasteiger partial charge in [-0.2, -0.15) is 10.2 Å². The average Bonchev–Trinajstić information content (AvgIpc) is 2.09. The van der Waals surface area contributed by atoms with Crippen LogP contribution in [0.15, 0.2) is 34.5 Å². The third-order valence-corrected chi connectivity index (χ3v) is 1.47. The number of nitrogens with zero attached hydrogens (tertiary/aromatic N) is 2. The van der Waals surface area contributed by atoms with Crippen LogP contribution in [0.5, 0.6) is 0 Å². The van der Waals surface area contributed by atoms with E-state index in [1.54, 1.807) is 0 Å². The van der Waals surface area contributed by atoms with Gasteiger partial charge in [-0.25, -0.2) is 0 Å². The Labute approximate surface area is 71.7 Å². The molecular formula is C9H11N3. The van der Waals surface area contributed by atoms with Gasteiger partial charge < -0.3 is 5.41 Å². The molecule has 12 heavy (non-hydrogen) atoms. The smallest absolute Gasteiger partial charge is 0.0948 e. The molecule has 3 heteroatoms. The molecule has 3 nitrogen and oxygen atoms in total. The lowest BCUT2D eigenvalue weighted by Crippen LogP contribution is -1.76. The maximum atomic E-state index is 6.74. The topological polar surface area (TPSA) is 48.6 Å². The van der Waals surface area contributed by atoms with E-state index in [2.05, 4.69) is 10.2 Å². The molecule has 0 amide bonds. The average molecular weight is 161 g/mol. The molecule has 0 aromatic heterocycles. The van der Waals surface area contributed by atoms with Crippen LogP contribution in [0.3, 0.4) is 0 Å². The SMILES string of the molecule is Cc1ccccc1N=NCC=N. The van der Waals surface area contributed by atoms with Crippen molar-refractivity contribution in [2.45, 2.75) is 6.92 Å². The van der Waals surface area contributed by atoms with Gasteiger partial charge in [-0.1, -0.05) is 18.2 Å². The van der Waals surface area contributed by atoms with Gasteiger partial charge >= 0.3 is 0 Å². The molecule has 1 rings (SSSR count). The molecule has 0 aliphatic rings. The molecule has 0 aliphatic heterocycles. The first-order valence-corrected chi connectivity index (χ1v) is 3.76. The zero-order valence-electron chi connectivity index (χ0n) is 6.99. The first-order valence-electron chi connectivity index (χ1n) is 3.76. The number of benzene rings is 1. The number of rotatable bonds is 3. The Morgan fingerprint density at radius 3 is 2.83 bits per heavy atom. The van der Waals surface area contributed by atoms with Gasteiger partial charge in [0.1, 0.15) is 0 Å². The van der Waals surface area contributed by atoms with Gasteiger partial charge in [0.2, 0.25) is 0 Å². The van der Waals surface area contributed by atoms with Crippen molar-refractivity contribution >= 4 is 11.9 Å². The summed E-state index contributed by atoms with van der Waals surface area (Å²) in [4.78, 5) is 0. The normalized spacial score (nSPS) is 10.4. The number of aryl methyl sites for hydroxylation is 1. The minimum absolute atomic E-state index is 0.355. The van der Waals surface area contributed by atoms with Crippen molar-refractivity contribution < 1.29 is 0 Å². The lowest BCUT2D eigenvalue weighted by molar-refractivity contribution is 1.10. The maximum absolute atomic E-state index is 6.74. The Morgan fingerprint density at radius 2 is 2.17 bits per heavy atom. The van der Waals surface area contributed by atoms with Crippen LogP contribution in [0, 0.1) is 12.3 Å². The fraction of sp³-hybridized carbons (Fsp3) is 0.222. The minimum atomic E-state index is 0.355. The number of hydrogen-bond acceptors (Lipinski definition) is 3. The van der Waals surface area contributed by atoms with Crippen LogP contribution < -0.4 is 0 Å². The first kappa shape index (κ1) is 8.59. The minimum Gasteiger partial charge on any atom is -0.311 e. The summed E-state index contributed by atoms with van der Waals surface area (Å²) in [6.07, 6.45) is 1.22. The standard InChI is InChI=1S/C9H11N3/c1-8-4-2-3-5-9(8)12-11-7-6-10/h2-6,10H,7H2,1H3. The van der Waals surface area contributed by atoms with Crippen LogP contribution in [-0.4, -0.2) is 12.8 Å². The quantitative estimate of drug-likeness (QED) is 0.523. The zero-order chi connectivity index (χ0) is 8.81. The molecule has 0 unspecified atom stereocenters. The maximum Gasteiger partial charge on any atom is 0.0948 e. The Bertz CT molecular complexity index is 292. The molecule has 0 heterocycles. The molecule has 0 atom stereocenters. The van der Waals surface area contributed by atoms with Crippen molar-refractivity contribution in [2.75, 3.05) is 6.54 Å². The van der Waals surface area contributed by atoms with E-state index in [-0.39, 0.29) is 0 Å². The van der Waals surface area contributed by atoms with Gasteiger partial charge in [0.15, 0.2) is 0 Å². The van der Waals surface area contributed by atoms with Crippen molar-refractivity contribution in [2.24, 2.45) is 10.2 Å². The van der Waals surface area contributed by atoms with Crippen LogP contribution in [0.2, 0.25) is 0 Å². The highest BCUT2D eigenvalue weighted by atomic mass is 15.1. The van der Waals surface area contributed by atoms with Gasteiger partial charge in [-0.15, -0.1) is 0 Å². The fourth-order valence-corrected chi connectivity index (χ4v) is 0.833. The van der Waals surface area contributed by atoms with Gasteiger partial charge in [0, 0.05) is 6.21 Å². The summed E-state index contributed by atoms with van der Waals surface area (Å²) >= 11 is 0. The molecule has 0 saturated carbocycles. The van der Waals surface area contributed by atoms with E-state index in [1.807, 2.05) is 31.2 Å². The van der Waals surface area contributed by atoms with E-state index in [9.17, 15) is 0 Å². The Hall–Kier alpha value is -1.51. The van der Waals surface area contributed by atoms with Crippen LogP contribution in [0.1, 0.15) is 5.56 Å². The highest BCUT2D eigenvalue weighted by molar-refractivity contribution is 5.55.